The van der Waals surface area contributed by atoms with Gasteiger partial charge in [-0.15, -0.1) is 0 Å². The van der Waals surface area contributed by atoms with Crippen molar-refractivity contribution in [3.63, 3.8) is 0 Å². The molecule has 5 nitrogen and oxygen atoms in total. The van der Waals surface area contributed by atoms with Crippen molar-refractivity contribution in [2.24, 2.45) is 0 Å². The fraction of sp³-hybridized carbons (Fsp3) is 0.125. The molecule has 14 heavy (non-hydrogen) atoms. The van der Waals surface area contributed by atoms with Crippen molar-refractivity contribution in [1.29, 1.82) is 0 Å². The molecule has 0 saturated carbocycles. The highest BCUT2D eigenvalue weighted by Gasteiger charge is 2.08. The zero-order valence-electron chi connectivity index (χ0n) is 7.24. The monoisotopic (exact) mass is 211 g/mol. The summed E-state index contributed by atoms with van der Waals surface area (Å²) in [5.74, 6) is 0.249. The summed E-state index contributed by atoms with van der Waals surface area (Å²) < 4.78 is 4.95. The van der Waals surface area contributed by atoms with E-state index in [0.29, 0.717) is 10.9 Å². The molecule has 0 amide bonds. The summed E-state index contributed by atoms with van der Waals surface area (Å²) in [7, 11) is 1.45. The lowest BCUT2D eigenvalue weighted by atomic mass is 10.3. The van der Waals surface area contributed by atoms with Crippen molar-refractivity contribution >= 4 is 22.5 Å². The third-order valence-electron chi connectivity index (χ3n) is 1.76. The Labute approximate surface area is 83.7 Å². The van der Waals surface area contributed by atoms with E-state index in [1.165, 1.54) is 19.5 Å². The molecule has 1 N–H and O–H groups in total. The smallest absolute Gasteiger partial charge is 0.258 e. The van der Waals surface area contributed by atoms with E-state index < -0.39 is 0 Å². The van der Waals surface area contributed by atoms with Gasteiger partial charge in [-0.2, -0.15) is 4.98 Å². The summed E-state index contributed by atoms with van der Waals surface area (Å²) in [6, 6.07) is 1.45. The predicted molar refractivity (Wildman–Crippen MR) is 51.7 cm³/mol. The Morgan fingerprint density at radius 2 is 2.36 bits per heavy atom. The Kier molecular flexibility index (Phi) is 2.09. The summed E-state index contributed by atoms with van der Waals surface area (Å²) in [6.07, 6.45) is 1.29. The lowest BCUT2D eigenvalue weighted by molar-refractivity contribution is 0.402. The van der Waals surface area contributed by atoms with Crippen LogP contribution in [0.25, 0.3) is 10.9 Å². The van der Waals surface area contributed by atoms with E-state index in [0.717, 1.165) is 0 Å². The summed E-state index contributed by atoms with van der Waals surface area (Å²) in [6.45, 7) is 0. The lowest BCUT2D eigenvalue weighted by Crippen LogP contribution is -2.07. The van der Waals surface area contributed by atoms with E-state index in [1.54, 1.807) is 0 Å². The van der Waals surface area contributed by atoms with Gasteiger partial charge < -0.3 is 9.72 Å². The summed E-state index contributed by atoms with van der Waals surface area (Å²) >= 11 is 5.70. The molecule has 6 heteroatoms. The first-order chi connectivity index (χ1) is 6.72. The van der Waals surface area contributed by atoms with Gasteiger partial charge >= 0.3 is 0 Å². The van der Waals surface area contributed by atoms with Crippen molar-refractivity contribution in [1.82, 2.24) is 15.0 Å². The third kappa shape index (κ3) is 1.31. The molecule has 0 bridgehead atoms. The zero-order chi connectivity index (χ0) is 10.1. The SMILES string of the molecule is COc1nc(Cl)cc2c(=O)[nH]cnc12. The molecule has 2 aromatic rings. The van der Waals surface area contributed by atoms with Crippen LogP contribution in [-0.4, -0.2) is 22.1 Å². The molecular weight excluding hydrogens is 206 g/mol. The van der Waals surface area contributed by atoms with Gasteiger partial charge in [0.1, 0.15) is 10.7 Å². The number of hydrogen-bond acceptors (Lipinski definition) is 4. The Morgan fingerprint density at radius 3 is 3.07 bits per heavy atom. The van der Waals surface area contributed by atoms with E-state index in [9.17, 15) is 4.79 Å². The first kappa shape index (κ1) is 8.96. The first-order valence-corrected chi connectivity index (χ1v) is 4.18. The molecule has 2 heterocycles. The van der Waals surface area contributed by atoms with Crippen LogP contribution in [0.2, 0.25) is 5.15 Å². The highest BCUT2D eigenvalue weighted by molar-refractivity contribution is 6.30. The predicted octanol–water partition coefficient (Wildman–Crippen LogP) is 0.980. The highest BCUT2D eigenvalue weighted by Crippen LogP contribution is 2.21. The molecule has 72 valence electrons. The van der Waals surface area contributed by atoms with Crippen molar-refractivity contribution in [3.8, 4) is 5.88 Å². The number of pyridine rings is 1. The van der Waals surface area contributed by atoms with Crippen LogP contribution in [0.3, 0.4) is 0 Å². The second kappa shape index (κ2) is 3.26. The molecule has 0 aliphatic rings. The standard InChI is InChI=1S/C8H6ClN3O2/c1-14-8-6-4(2-5(9)12-8)7(13)11-3-10-6/h2-3H,1H3,(H,10,11,13). The molecule has 0 aromatic carbocycles. The van der Waals surface area contributed by atoms with Crippen LogP contribution in [-0.2, 0) is 0 Å². The van der Waals surface area contributed by atoms with Gasteiger partial charge in [-0.1, -0.05) is 11.6 Å². The van der Waals surface area contributed by atoms with Crippen LogP contribution in [0.1, 0.15) is 0 Å². The van der Waals surface area contributed by atoms with E-state index in [1.807, 2.05) is 0 Å². The number of methoxy groups -OCH3 is 1. The minimum atomic E-state index is -0.266. The summed E-state index contributed by atoms with van der Waals surface area (Å²) in [5.41, 5.74) is 0.137. The number of fused-ring (bicyclic) bond motifs is 1. The number of rotatable bonds is 1. The molecule has 2 aromatic heterocycles. The van der Waals surface area contributed by atoms with Crippen LogP contribution < -0.4 is 10.3 Å². The number of H-pyrrole nitrogens is 1. The largest absolute Gasteiger partial charge is 0.479 e. The number of ether oxygens (including phenoxy) is 1. The van der Waals surface area contributed by atoms with Crippen LogP contribution in [0.4, 0.5) is 0 Å². The second-order valence-corrected chi connectivity index (χ2v) is 2.97. The van der Waals surface area contributed by atoms with Gasteiger partial charge in [0.05, 0.1) is 18.8 Å². The maximum Gasteiger partial charge on any atom is 0.258 e. The van der Waals surface area contributed by atoms with Gasteiger partial charge in [0.2, 0.25) is 5.88 Å². The molecule has 0 unspecified atom stereocenters. The minimum absolute atomic E-state index is 0.202. The maximum absolute atomic E-state index is 11.4. The number of hydrogen-bond donors (Lipinski definition) is 1. The molecule has 2 rings (SSSR count). The average molecular weight is 212 g/mol. The number of nitrogens with one attached hydrogen (secondary N) is 1. The van der Waals surface area contributed by atoms with E-state index in [4.69, 9.17) is 16.3 Å². The molecule has 0 aliphatic heterocycles. The van der Waals surface area contributed by atoms with Crippen molar-refractivity contribution < 1.29 is 4.74 Å². The second-order valence-electron chi connectivity index (χ2n) is 2.58. The van der Waals surface area contributed by atoms with Gasteiger partial charge in [0.25, 0.3) is 5.56 Å². The quantitative estimate of drug-likeness (QED) is 0.714. The Balaban J connectivity index is 2.95. The number of aromatic amines is 1. The Bertz CT molecular complexity index is 538. The van der Waals surface area contributed by atoms with Crippen molar-refractivity contribution in [2.75, 3.05) is 7.11 Å². The van der Waals surface area contributed by atoms with Crippen LogP contribution in [0, 0.1) is 0 Å². The van der Waals surface area contributed by atoms with Gasteiger partial charge in [0.15, 0.2) is 0 Å². The fourth-order valence-electron chi connectivity index (χ4n) is 1.16. The normalized spacial score (nSPS) is 10.4. The minimum Gasteiger partial charge on any atom is -0.479 e. The average Bonchev–Trinajstić information content (AvgIpc) is 2.18. The van der Waals surface area contributed by atoms with Crippen LogP contribution >= 0.6 is 11.6 Å². The highest BCUT2D eigenvalue weighted by atomic mass is 35.5. The summed E-state index contributed by atoms with van der Waals surface area (Å²) in [4.78, 5) is 21.6. The lowest BCUT2D eigenvalue weighted by Gasteiger charge is -2.02. The van der Waals surface area contributed by atoms with Gasteiger partial charge in [0, 0.05) is 0 Å². The Hall–Kier alpha value is -1.62. The number of halogens is 1. The molecule has 0 spiro atoms. The van der Waals surface area contributed by atoms with E-state index >= 15 is 0 Å². The number of aromatic nitrogens is 3. The van der Waals surface area contributed by atoms with Crippen molar-refractivity contribution in [2.45, 2.75) is 0 Å². The van der Waals surface area contributed by atoms with E-state index in [2.05, 4.69) is 15.0 Å². The van der Waals surface area contributed by atoms with Crippen molar-refractivity contribution in [3.05, 3.63) is 27.9 Å². The molecule has 0 radical (unpaired) electrons. The van der Waals surface area contributed by atoms with E-state index in [-0.39, 0.29) is 16.6 Å². The summed E-state index contributed by atoms with van der Waals surface area (Å²) in [5, 5.41) is 0.567. The topological polar surface area (TPSA) is 67.9 Å². The Morgan fingerprint density at radius 1 is 1.57 bits per heavy atom. The third-order valence-corrected chi connectivity index (χ3v) is 1.95. The molecule has 0 aliphatic carbocycles. The molecule has 0 saturated heterocycles. The zero-order valence-corrected chi connectivity index (χ0v) is 8.00. The first-order valence-electron chi connectivity index (χ1n) is 3.80. The van der Waals surface area contributed by atoms with Crippen LogP contribution in [0.5, 0.6) is 5.88 Å². The fourth-order valence-corrected chi connectivity index (χ4v) is 1.34. The maximum atomic E-state index is 11.4. The molecular formula is C8H6ClN3O2. The molecule has 0 atom stereocenters. The number of nitrogens with zero attached hydrogens (tertiary/aromatic N) is 2. The van der Waals surface area contributed by atoms with Gasteiger partial charge in [-0.3, -0.25) is 4.79 Å². The van der Waals surface area contributed by atoms with Gasteiger partial charge in [-0.25, -0.2) is 4.98 Å². The van der Waals surface area contributed by atoms with Gasteiger partial charge in [-0.05, 0) is 6.07 Å². The van der Waals surface area contributed by atoms with Crippen LogP contribution in [0.15, 0.2) is 17.2 Å². The molecule has 0 fully saturated rings.